The molecule has 0 radical (unpaired) electrons. The third-order valence-corrected chi connectivity index (χ3v) is 3.83. The summed E-state index contributed by atoms with van der Waals surface area (Å²) in [4.78, 5) is 16.2. The van der Waals surface area contributed by atoms with E-state index < -0.39 is 0 Å². The van der Waals surface area contributed by atoms with E-state index in [1.54, 1.807) is 13.2 Å². The molecule has 6 heteroatoms. The molecule has 1 aliphatic rings. The number of rotatable bonds is 2. The van der Waals surface area contributed by atoms with Gasteiger partial charge >= 0.3 is 0 Å². The van der Waals surface area contributed by atoms with Gasteiger partial charge in [0, 0.05) is 33.2 Å². The Kier molecular flexibility index (Phi) is 4.04. The van der Waals surface area contributed by atoms with Crippen molar-refractivity contribution < 1.29 is 0 Å². The monoisotopic (exact) mass is 310 g/mol. The normalized spacial score (nSPS) is 16.6. The van der Waals surface area contributed by atoms with Crippen LogP contribution in [0, 0.1) is 12.3 Å². The van der Waals surface area contributed by atoms with E-state index in [0.29, 0.717) is 11.0 Å². The maximum absolute atomic E-state index is 11.8. The van der Waals surface area contributed by atoms with Gasteiger partial charge in [-0.15, -0.1) is 6.42 Å². The average Bonchev–Trinajstić information content (AvgIpc) is 2.38. The molecule has 2 rings (SSSR count). The number of hydrogen-bond donors (Lipinski definition) is 0. The van der Waals surface area contributed by atoms with Crippen LogP contribution in [0.4, 0.5) is 5.69 Å². The lowest BCUT2D eigenvalue weighted by Gasteiger charge is -2.35. The molecule has 0 aromatic carbocycles. The smallest absolute Gasteiger partial charge is 0.282 e. The first kappa shape index (κ1) is 13.1. The maximum Gasteiger partial charge on any atom is 0.282 e. The Hall–Kier alpha value is -1.32. The van der Waals surface area contributed by atoms with Gasteiger partial charge < -0.3 is 4.90 Å². The molecule has 1 fully saturated rings. The summed E-state index contributed by atoms with van der Waals surface area (Å²) < 4.78 is 1.90. The molecule has 18 heavy (non-hydrogen) atoms. The topological polar surface area (TPSA) is 41.4 Å². The Morgan fingerprint density at radius 2 is 2.11 bits per heavy atom. The lowest BCUT2D eigenvalue weighted by atomic mass is 10.3. The molecule has 1 aromatic rings. The molecular weight excluding hydrogens is 296 g/mol. The molecule has 1 aliphatic heterocycles. The quantitative estimate of drug-likeness (QED) is 0.737. The van der Waals surface area contributed by atoms with Gasteiger partial charge in [0.2, 0.25) is 0 Å². The highest BCUT2D eigenvalue weighted by atomic mass is 79.9. The van der Waals surface area contributed by atoms with Gasteiger partial charge in [-0.05, 0) is 15.9 Å². The summed E-state index contributed by atoms with van der Waals surface area (Å²) in [6, 6.07) is 0. The van der Waals surface area contributed by atoms with Gasteiger partial charge in [0.25, 0.3) is 5.56 Å². The average molecular weight is 311 g/mol. The fourth-order valence-corrected chi connectivity index (χ4v) is 2.61. The molecule has 1 saturated heterocycles. The molecule has 0 N–H and O–H groups in total. The predicted octanol–water partition coefficient (Wildman–Crippen LogP) is 0.298. The number of hydrogen-bond acceptors (Lipinski definition) is 4. The Bertz CT molecular complexity index is 526. The van der Waals surface area contributed by atoms with Crippen molar-refractivity contribution in [2.75, 3.05) is 37.6 Å². The van der Waals surface area contributed by atoms with E-state index in [-0.39, 0.29) is 5.56 Å². The first-order valence-electron chi connectivity index (χ1n) is 5.76. The Morgan fingerprint density at radius 3 is 2.72 bits per heavy atom. The molecule has 0 unspecified atom stereocenters. The van der Waals surface area contributed by atoms with E-state index >= 15 is 0 Å². The zero-order valence-corrected chi connectivity index (χ0v) is 11.9. The summed E-state index contributed by atoms with van der Waals surface area (Å²) in [5.41, 5.74) is 0.747. The van der Waals surface area contributed by atoms with Crippen molar-refractivity contribution >= 4 is 21.6 Å². The summed E-state index contributed by atoms with van der Waals surface area (Å²) in [5, 5.41) is 4.06. The number of nitrogens with zero attached hydrogens (tertiary/aromatic N) is 4. The van der Waals surface area contributed by atoms with Crippen molar-refractivity contribution in [1.29, 1.82) is 0 Å². The lowest BCUT2D eigenvalue weighted by molar-refractivity contribution is 0.288. The molecule has 0 amide bonds. The number of terminal acetylenes is 1. The van der Waals surface area contributed by atoms with E-state index in [0.717, 1.165) is 31.9 Å². The van der Waals surface area contributed by atoms with Gasteiger partial charge in [-0.3, -0.25) is 9.69 Å². The van der Waals surface area contributed by atoms with Gasteiger partial charge in [0.15, 0.2) is 0 Å². The summed E-state index contributed by atoms with van der Waals surface area (Å²) in [6.45, 7) is 4.21. The highest BCUT2D eigenvalue weighted by molar-refractivity contribution is 9.10. The number of anilines is 1. The standard InChI is InChI=1S/C12H15BrN4O/c1-3-4-16-5-7-17(8-6-16)10-9-14-15(2)12(18)11(10)13/h1,9H,4-8H2,2H3. The first-order valence-corrected chi connectivity index (χ1v) is 6.55. The van der Waals surface area contributed by atoms with E-state index in [9.17, 15) is 4.79 Å². The molecule has 1 aromatic heterocycles. The second-order valence-corrected chi connectivity index (χ2v) is 5.03. The third kappa shape index (κ3) is 2.57. The minimum absolute atomic E-state index is 0.112. The zero-order valence-electron chi connectivity index (χ0n) is 10.3. The SMILES string of the molecule is C#CCN1CCN(c2cnn(C)c(=O)c2Br)CC1. The van der Waals surface area contributed by atoms with Crippen molar-refractivity contribution in [2.24, 2.45) is 7.05 Å². The predicted molar refractivity (Wildman–Crippen MR) is 74.7 cm³/mol. The van der Waals surface area contributed by atoms with Crippen LogP contribution < -0.4 is 10.5 Å². The van der Waals surface area contributed by atoms with Crippen molar-refractivity contribution in [2.45, 2.75) is 0 Å². The molecular formula is C12H15BrN4O. The van der Waals surface area contributed by atoms with E-state index in [4.69, 9.17) is 6.42 Å². The zero-order chi connectivity index (χ0) is 13.1. The van der Waals surface area contributed by atoms with Crippen molar-refractivity contribution in [3.8, 4) is 12.3 Å². The van der Waals surface area contributed by atoms with Crippen molar-refractivity contribution in [3.05, 3.63) is 21.0 Å². The summed E-state index contributed by atoms with van der Waals surface area (Å²) in [5.74, 6) is 2.65. The van der Waals surface area contributed by atoms with Gasteiger partial charge in [0.05, 0.1) is 18.4 Å². The minimum atomic E-state index is -0.112. The van der Waals surface area contributed by atoms with Crippen molar-refractivity contribution in [1.82, 2.24) is 14.7 Å². The fraction of sp³-hybridized carbons (Fsp3) is 0.500. The van der Waals surface area contributed by atoms with Gasteiger partial charge in [-0.2, -0.15) is 5.10 Å². The molecule has 2 heterocycles. The van der Waals surface area contributed by atoms with Crippen LogP contribution in [0.3, 0.4) is 0 Å². The summed E-state index contributed by atoms with van der Waals surface area (Å²) in [6.07, 6.45) is 7.02. The molecule has 96 valence electrons. The van der Waals surface area contributed by atoms with Gasteiger partial charge in [0.1, 0.15) is 4.47 Å². The largest absolute Gasteiger partial charge is 0.367 e. The van der Waals surface area contributed by atoms with Crippen LogP contribution in [-0.2, 0) is 7.05 Å². The summed E-state index contributed by atoms with van der Waals surface area (Å²) in [7, 11) is 1.64. The number of aromatic nitrogens is 2. The third-order valence-electron chi connectivity index (χ3n) is 3.09. The van der Waals surface area contributed by atoms with Gasteiger partial charge in [-0.1, -0.05) is 5.92 Å². The van der Waals surface area contributed by atoms with Crippen LogP contribution in [0.1, 0.15) is 0 Å². The second-order valence-electron chi connectivity index (χ2n) is 4.24. The number of aryl methyl sites for hydroxylation is 1. The first-order chi connectivity index (χ1) is 8.63. The van der Waals surface area contributed by atoms with Crippen molar-refractivity contribution in [3.63, 3.8) is 0 Å². The van der Waals surface area contributed by atoms with Crippen LogP contribution in [-0.4, -0.2) is 47.4 Å². The molecule has 0 bridgehead atoms. The Labute approximate surface area is 115 Å². The van der Waals surface area contributed by atoms with Crippen LogP contribution in [0.2, 0.25) is 0 Å². The molecule has 0 aliphatic carbocycles. The lowest BCUT2D eigenvalue weighted by Crippen LogP contribution is -2.47. The number of halogens is 1. The highest BCUT2D eigenvalue weighted by Crippen LogP contribution is 2.22. The van der Waals surface area contributed by atoms with Crippen LogP contribution in [0.15, 0.2) is 15.5 Å². The Morgan fingerprint density at radius 1 is 1.44 bits per heavy atom. The molecule has 5 nitrogen and oxygen atoms in total. The molecule has 0 spiro atoms. The fourth-order valence-electron chi connectivity index (χ4n) is 2.00. The van der Waals surface area contributed by atoms with Gasteiger partial charge in [-0.25, -0.2) is 4.68 Å². The minimum Gasteiger partial charge on any atom is -0.367 e. The van der Waals surface area contributed by atoms with Crippen LogP contribution in [0.25, 0.3) is 0 Å². The molecule has 0 saturated carbocycles. The maximum atomic E-state index is 11.8. The number of piperazine rings is 1. The molecule has 0 atom stereocenters. The van der Waals surface area contributed by atoms with E-state index in [2.05, 4.69) is 36.7 Å². The summed E-state index contributed by atoms with van der Waals surface area (Å²) >= 11 is 3.35. The Balaban J connectivity index is 2.13. The second kappa shape index (κ2) is 5.55. The van der Waals surface area contributed by atoms with E-state index in [1.165, 1.54) is 4.68 Å². The highest BCUT2D eigenvalue weighted by Gasteiger charge is 2.19. The van der Waals surface area contributed by atoms with E-state index in [1.807, 2.05) is 0 Å². The van der Waals surface area contributed by atoms with Crippen LogP contribution in [0.5, 0.6) is 0 Å². The van der Waals surface area contributed by atoms with Crippen LogP contribution >= 0.6 is 15.9 Å².